The van der Waals surface area contributed by atoms with Crippen molar-refractivity contribution >= 4 is 0 Å². The van der Waals surface area contributed by atoms with Gasteiger partial charge in [-0.2, -0.15) is 0 Å². The van der Waals surface area contributed by atoms with Crippen molar-refractivity contribution in [1.29, 1.82) is 0 Å². The number of hydrogen-bond donors (Lipinski definition) is 2. The van der Waals surface area contributed by atoms with E-state index in [-0.39, 0.29) is 11.6 Å². The van der Waals surface area contributed by atoms with Crippen molar-refractivity contribution in [2.24, 2.45) is 0 Å². The molecule has 1 aliphatic rings. The Bertz CT molecular complexity index is 312. The topological polar surface area (TPSA) is 32.3 Å². The van der Waals surface area contributed by atoms with Crippen molar-refractivity contribution < 1.29 is 5.11 Å². The highest BCUT2D eigenvalue weighted by Crippen LogP contribution is 2.36. The highest BCUT2D eigenvalue weighted by atomic mass is 16.3. The largest absolute Gasteiger partial charge is 0.391 e. The average molecular weight is 205 g/mol. The highest BCUT2D eigenvalue weighted by Gasteiger charge is 2.39. The molecule has 2 heteroatoms. The lowest BCUT2D eigenvalue weighted by Gasteiger charge is -2.42. The fourth-order valence-corrected chi connectivity index (χ4v) is 2.66. The van der Waals surface area contributed by atoms with Crippen molar-refractivity contribution in [2.75, 3.05) is 7.05 Å². The van der Waals surface area contributed by atoms with Gasteiger partial charge in [0.1, 0.15) is 0 Å². The zero-order valence-electron chi connectivity index (χ0n) is 9.24. The van der Waals surface area contributed by atoms with E-state index < -0.39 is 0 Å². The van der Waals surface area contributed by atoms with Gasteiger partial charge in [0.25, 0.3) is 0 Å². The van der Waals surface area contributed by atoms with Gasteiger partial charge < -0.3 is 10.4 Å². The Balaban J connectivity index is 2.35. The number of benzene rings is 1. The first-order chi connectivity index (χ1) is 7.29. The second kappa shape index (κ2) is 4.33. The van der Waals surface area contributed by atoms with Crippen molar-refractivity contribution in [3.63, 3.8) is 0 Å². The smallest absolute Gasteiger partial charge is 0.0763 e. The molecule has 0 aromatic heterocycles. The summed E-state index contributed by atoms with van der Waals surface area (Å²) in [5, 5.41) is 13.5. The number of nitrogens with one attached hydrogen (secondary N) is 1. The first-order valence-electron chi connectivity index (χ1n) is 5.72. The fourth-order valence-electron chi connectivity index (χ4n) is 2.66. The molecule has 0 radical (unpaired) electrons. The van der Waals surface area contributed by atoms with Crippen LogP contribution in [-0.2, 0) is 5.54 Å². The Hall–Kier alpha value is -0.860. The third kappa shape index (κ3) is 1.80. The van der Waals surface area contributed by atoms with Gasteiger partial charge in [-0.25, -0.2) is 0 Å². The Morgan fingerprint density at radius 1 is 1.27 bits per heavy atom. The standard InChI is InChI=1S/C13H19NO/c1-14-13(10-6-5-9-12(13)15)11-7-3-2-4-8-11/h2-4,7-8,12,14-15H,5-6,9-10H2,1H3/t12-,13-/m0/s1. The maximum Gasteiger partial charge on any atom is 0.0763 e. The molecule has 0 amide bonds. The van der Waals surface area contributed by atoms with Crippen LogP contribution in [0.3, 0.4) is 0 Å². The molecule has 1 saturated carbocycles. The van der Waals surface area contributed by atoms with E-state index in [2.05, 4.69) is 17.4 Å². The van der Waals surface area contributed by atoms with Gasteiger partial charge in [-0.3, -0.25) is 0 Å². The minimum absolute atomic E-state index is 0.223. The summed E-state index contributed by atoms with van der Waals surface area (Å²) in [5.41, 5.74) is 0.985. The number of rotatable bonds is 2. The van der Waals surface area contributed by atoms with Crippen LogP contribution < -0.4 is 5.32 Å². The van der Waals surface area contributed by atoms with Gasteiger partial charge >= 0.3 is 0 Å². The molecule has 2 atom stereocenters. The monoisotopic (exact) mass is 205 g/mol. The van der Waals surface area contributed by atoms with Gasteiger partial charge in [0, 0.05) is 0 Å². The Morgan fingerprint density at radius 2 is 2.00 bits per heavy atom. The molecule has 0 bridgehead atoms. The molecule has 15 heavy (non-hydrogen) atoms. The first kappa shape index (κ1) is 10.7. The molecule has 1 aliphatic carbocycles. The molecule has 0 saturated heterocycles. The minimum Gasteiger partial charge on any atom is -0.391 e. The van der Waals surface area contributed by atoms with Crippen LogP contribution in [0.25, 0.3) is 0 Å². The molecule has 2 nitrogen and oxygen atoms in total. The molecule has 1 aromatic rings. The summed E-state index contributed by atoms with van der Waals surface area (Å²) in [6.45, 7) is 0. The molecule has 2 rings (SSSR count). The maximum atomic E-state index is 10.2. The normalized spacial score (nSPS) is 31.5. The predicted octanol–water partition coefficient (Wildman–Crippen LogP) is 2.04. The lowest BCUT2D eigenvalue weighted by Crippen LogP contribution is -2.51. The second-order valence-electron chi connectivity index (χ2n) is 4.35. The van der Waals surface area contributed by atoms with Crippen LogP contribution >= 0.6 is 0 Å². The zero-order valence-corrected chi connectivity index (χ0v) is 9.24. The molecule has 2 N–H and O–H groups in total. The van der Waals surface area contributed by atoms with Gasteiger partial charge in [0.2, 0.25) is 0 Å². The van der Waals surface area contributed by atoms with Crippen molar-refractivity contribution in [3.05, 3.63) is 35.9 Å². The average Bonchev–Trinajstić information content (AvgIpc) is 2.31. The summed E-state index contributed by atoms with van der Waals surface area (Å²) < 4.78 is 0. The summed E-state index contributed by atoms with van der Waals surface area (Å²) in [6, 6.07) is 10.3. The third-order valence-corrected chi connectivity index (χ3v) is 3.60. The molecule has 1 aromatic carbocycles. The fraction of sp³-hybridized carbons (Fsp3) is 0.538. The molecule has 0 spiro atoms. The molecule has 0 heterocycles. The van der Waals surface area contributed by atoms with Gasteiger partial charge in [-0.15, -0.1) is 0 Å². The Labute approximate surface area is 91.3 Å². The van der Waals surface area contributed by atoms with Crippen LogP contribution in [0.4, 0.5) is 0 Å². The number of hydrogen-bond acceptors (Lipinski definition) is 2. The van der Waals surface area contributed by atoms with E-state index in [1.807, 2.05) is 25.2 Å². The number of aliphatic hydroxyl groups excluding tert-OH is 1. The summed E-state index contributed by atoms with van der Waals surface area (Å²) in [7, 11) is 1.95. The summed E-state index contributed by atoms with van der Waals surface area (Å²) >= 11 is 0. The highest BCUT2D eigenvalue weighted by molar-refractivity contribution is 5.26. The van der Waals surface area contributed by atoms with Crippen LogP contribution in [0, 0.1) is 0 Å². The van der Waals surface area contributed by atoms with Crippen LogP contribution in [0.15, 0.2) is 30.3 Å². The Morgan fingerprint density at radius 3 is 2.60 bits per heavy atom. The lowest BCUT2D eigenvalue weighted by molar-refractivity contribution is 0.0252. The van der Waals surface area contributed by atoms with E-state index >= 15 is 0 Å². The maximum absolute atomic E-state index is 10.2. The molecule has 0 unspecified atom stereocenters. The van der Waals surface area contributed by atoms with Crippen molar-refractivity contribution in [1.82, 2.24) is 5.32 Å². The summed E-state index contributed by atoms with van der Waals surface area (Å²) in [4.78, 5) is 0. The zero-order chi connectivity index (χ0) is 10.7. The van der Waals surface area contributed by atoms with Crippen LogP contribution in [0.5, 0.6) is 0 Å². The van der Waals surface area contributed by atoms with E-state index in [9.17, 15) is 5.11 Å². The van der Waals surface area contributed by atoms with E-state index in [4.69, 9.17) is 0 Å². The van der Waals surface area contributed by atoms with E-state index in [1.165, 1.54) is 12.0 Å². The molecule has 0 aliphatic heterocycles. The van der Waals surface area contributed by atoms with Gasteiger partial charge in [0.05, 0.1) is 11.6 Å². The van der Waals surface area contributed by atoms with Crippen LogP contribution in [0.1, 0.15) is 31.2 Å². The molecule has 82 valence electrons. The van der Waals surface area contributed by atoms with Crippen LogP contribution in [0.2, 0.25) is 0 Å². The quantitative estimate of drug-likeness (QED) is 0.774. The van der Waals surface area contributed by atoms with Gasteiger partial charge in [-0.05, 0) is 25.5 Å². The summed E-state index contributed by atoms with van der Waals surface area (Å²) in [5.74, 6) is 0. The van der Waals surface area contributed by atoms with Gasteiger partial charge in [-0.1, -0.05) is 43.2 Å². The van der Waals surface area contributed by atoms with E-state index in [0.29, 0.717) is 0 Å². The van der Waals surface area contributed by atoms with Gasteiger partial charge in [0.15, 0.2) is 0 Å². The number of aliphatic hydroxyl groups is 1. The number of likely N-dealkylation sites (N-methyl/N-ethyl adjacent to an activating group) is 1. The molecular formula is C13H19NO. The molecule has 1 fully saturated rings. The second-order valence-corrected chi connectivity index (χ2v) is 4.35. The lowest BCUT2D eigenvalue weighted by atomic mass is 9.74. The predicted molar refractivity (Wildman–Crippen MR) is 61.7 cm³/mol. The van der Waals surface area contributed by atoms with Crippen molar-refractivity contribution in [2.45, 2.75) is 37.3 Å². The third-order valence-electron chi connectivity index (χ3n) is 3.60. The van der Waals surface area contributed by atoms with E-state index in [1.54, 1.807) is 0 Å². The van der Waals surface area contributed by atoms with Crippen molar-refractivity contribution in [3.8, 4) is 0 Å². The summed E-state index contributed by atoms with van der Waals surface area (Å²) in [6.07, 6.45) is 3.98. The first-order valence-corrected chi connectivity index (χ1v) is 5.72. The van der Waals surface area contributed by atoms with E-state index in [0.717, 1.165) is 19.3 Å². The van der Waals surface area contributed by atoms with Crippen LogP contribution in [-0.4, -0.2) is 18.3 Å². The minimum atomic E-state index is -0.265. The SMILES string of the molecule is CN[C@]1(c2ccccc2)CCCC[C@@H]1O. The Kier molecular flexibility index (Phi) is 3.08. The molecular weight excluding hydrogens is 186 g/mol.